The molecule has 0 spiro atoms. The van der Waals surface area contributed by atoms with Gasteiger partial charge in [-0.25, -0.2) is 8.42 Å². The highest BCUT2D eigenvalue weighted by Gasteiger charge is 2.29. The molecule has 0 aliphatic carbocycles. The third-order valence-corrected chi connectivity index (χ3v) is 7.74. The van der Waals surface area contributed by atoms with Crippen molar-refractivity contribution in [2.45, 2.75) is 72.0 Å². The lowest BCUT2D eigenvalue weighted by molar-refractivity contribution is -0.141. The molecular formula is C27H37Cl2N3O4S. The highest BCUT2D eigenvalue weighted by molar-refractivity contribution is 7.92. The molecule has 0 saturated carbocycles. The van der Waals surface area contributed by atoms with Gasteiger partial charge < -0.3 is 10.2 Å². The molecule has 7 nitrogen and oxygen atoms in total. The Bertz CT molecular complexity index is 1170. The molecular weight excluding hydrogens is 533 g/mol. The summed E-state index contributed by atoms with van der Waals surface area (Å²) in [5, 5.41) is 3.77. The summed E-state index contributed by atoms with van der Waals surface area (Å²) in [5.74, 6) is -0.503. The van der Waals surface area contributed by atoms with Gasteiger partial charge in [-0.15, -0.1) is 0 Å². The van der Waals surface area contributed by atoms with Crippen LogP contribution in [0.15, 0.2) is 42.5 Å². The van der Waals surface area contributed by atoms with Crippen LogP contribution in [0.1, 0.15) is 58.1 Å². The van der Waals surface area contributed by atoms with Crippen LogP contribution in [0.4, 0.5) is 5.69 Å². The Morgan fingerprint density at radius 1 is 1.03 bits per heavy atom. The minimum Gasteiger partial charge on any atom is -0.352 e. The number of hydrogen-bond acceptors (Lipinski definition) is 4. The van der Waals surface area contributed by atoms with Crippen molar-refractivity contribution in [3.63, 3.8) is 0 Å². The van der Waals surface area contributed by atoms with E-state index in [2.05, 4.69) is 5.32 Å². The van der Waals surface area contributed by atoms with Gasteiger partial charge in [-0.2, -0.15) is 0 Å². The van der Waals surface area contributed by atoms with Crippen LogP contribution in [0, 0.1) is 0 Å². The van der Waals surface area contributed by atoms with Gasteiger partial charge in [0.1, 0.15) is 6.04 Å². The summed E-state index contributed by atoms with van der Waals surface area (Å²) in [6, 6.07) is 11.6. The number of aryl methyl sites for hydroxylation is 1. The van der Waals surface area contributed by atoms with E-state index in [1.165, 1.54) is 9.21 Å². The van der Waals surface area contributed by atoms with Gasteiger partial charge in [-0.1, -0.05) is 55.2 Å². The van der Waals surface area contributed by atoms with Crippen LogP contribution < -0.4 is 9.62 Å². The molecule has 2 rings (SSSR count). The maximum atomic E-state index is 13.5. The number of carbonyl (C=O) groups excluding carboxylic acids is 2. The van der Waals surface area contributed by atoms with E-state index in [9.17, 15) is 18.0 Å². The number of amides is 2. The smallest absolute Gasteiger partial charge is 0.243 e. The van der Waals surface area contributed by atoms with Crippen LogP contribution in [-0.2, 0) is 32.6 Å². The number of nitrogens with zero attached hydrogens (tertiary/aromatic N) is 2. The Labute approximate surface area is 231 Å². The third-order valence-electron chi connectivity index (χ3n) is 5.96. The molecule has 0 bridgehead atoms. The molecule has 1 N–H and O–H groups in total. The first-order valence-electron chi connectivity index (χ1n) is 12.5. The third kappa shape index (κ3) is 9.20. The molecule has 0 aromatic heterocycles. The van der Waals surface area contributed by atoms with E-state index < -0.39 is 16.1 Å². The maximum Gasteiger partial charge on any atom is 0.243 e. The first-order chi connectivity index (χ1) is 17.4. The van der Waals surface area contributed by atoms with Crippen molar-refractivity contribution in [3.05, 3.63) is 63.6 Å². The quantitative estimate of drug-likeness (QED) is 0.348. The highest BCUT2D eigenvalue weighted by Crippen LogP contribution is 2.25. The summed E-state index contributed by atoms with van der Waals surface area (Å²) in [6.07, 6.45) is 2.77. The van der Waals surface area contributed by atoms with E-state index >= 15 is 0 Å². The number of hydrogen-bond donors (Lipinski definition) is 1. The minimum atomic E-state index is -3.55. The molecule has 204 valence electrons. The van der Waals surface area contributed by atoms with Crippen LogP contribution in [0.5, 0.6) is 0 Å². The van der Waals surface area contributed by atoms with Gasteiger partial charge in [0.25, 0.3) is 0 Å². The summed E-state index contributed by atoms with van der Waals surface area (Å²) in [6.45, 7) is 7.87. The zero-order valence-corrected chi connectivity index (χ0v) is 24.5. The number of carbonyl (C=O) groups is 2. The van der Waals surface area contributed by atoms with E-state index in [1.54, 1.807) is 30.3 Å². The van der Waals surface area contributed by atoms with Crippen LogP contribution in [0.2, 0.25) is 10.0 Å². The van der Waals surface area contributed by atoms with Gasteiger partial charge in [0.2, 0.25) is 21.8 Å². The molecule has 2 amide bonds. The number of rotatable bonds is 13. The van der Waals surface area contributed by atoms with Gasteiger partial charge in [0.05, 0.1) is 11.9 Å². The second-order valence-electron chi connectivity index (χ2n) is 9.30. The molecule has 10 heteroatoms. The fourth-order valence-electron chi connectivity index (χ4n) is 4.04. The Morgan fingerprint density at radius 2 is 1.68 bits per heavy atom. The number of benzene rings is 2. The van der Waals surface area contributed by atoms with Crippen LogP contribution in [0.25, 0.3) is 0 Å². The van der Waals surface area contributed by atoms with E-state index in [4.69, 9.17) is 23.2 Å². The van der Waals surface area contributed by atoms with Crippen molar-refractivity contribution >= 4 is 50.7 Å². The van der Waals surface area contributed by atoms with Crippen molar-refractivity contribution in [3.8, 4) is 0 Å². The minimum absolute atomic E-state index is 0.0652. The molecule has 0 aliphatic heterocycles. The van der Waals surface area contributed by atoms with Crippen LogP contribution in [-0.4, -0.2) is 50.0 Å². The molecule has 0 fully saturated rings. The Kier molecular flexibility index (Phi) is 11.7. The molecule has 1 atom stereocenters. The lowest BCUT2D eigenvalue weighted by Gasteiger charge is -2.32. The van der Waals surface area contributed by atoms with Crippen molar-refractivity contribution in [2.24, 2.45) is 0 Å². The number of nitrogens with one attached hydrogen (secondary N) is 1. The monoisotopic (exact) mass is 569 g/mol. The average Bonchev–Trinajstić information content (AvgIpc) is 2.81. The summed E-state index contributed by atoms with van der Waals surface area (Å²) in [7, 11) is -3.55. The molecule has 0 heterocycles. The van der Waals surface area contributed by atoms with Gasteiger partial charge in [-0.05, 0) is 68.5 Å². The van der Waals surface area contributed by atoms with E-state index in [0.29, 0.717) is 27.7 Å². The fourth-order valence-corrected chi connectivity index (χ4v) is 5.47. The average molecular weight is 571 g/mol. The lowest BCUT2D eigenvalue weighted by atomic mass is 10.1. The molecule has 0 aliphatic rings. The van der Waals surface area contributed by atoms with Crippen molar-refractivity contribution in [1.29, 1.82) is 0 Å². The van der Waals surface area contributed by atoms with Gasteiger partial charge in [0, 0.05) is 35.6 Å². The second-order valence-corrected chi connectivity index (χ2v) is 12.1. The van der Waals surface area contributed by atoms with E-state index in [0.717, 1.165) is 18.2 Å². The topological polar surface area (TPSA) is 86.8 Å². The number of anilines is 1. The first kappa shape index (κ1) is 30.9. The standard InChI is InChI=1S/C27H37Cl2N3O4S/c1-6-20-10-14-23(15-11-20)32(37(5,35)36)16-8-9-26(33)31(25(7-2)27(34)30-19(3)4)18-21-12-13-22(28)17-24(21)29/h10-15,17,19,25H,6-9,16,18H2,1-5H3,(H,30,34)/t25-/m1/s1. The summed E-state index contributed by atoms with van der Waals surface area (Å²) >= 11 is 12.4. The first-order valence-corrected chi connectivity index (χ1v) is 15.1. The molecule has 37 heavy (non-hydrogen) atoms. The van der Waals surface area contributed by atoms with Crippen LogP contribution in [0.3, 0.4) is 0 Å². The van der Waals surface area contributed by atoms with Gasteiger partial charge in [-0.3, -0.25) is 13.9 Å². The van der Waals surface area contributed by atoms with Crippen molar-refractivity contribution in [2.75, 3.05) is 17.1 Å². The SMILES string of the molecule is CCc1ccc(N(CCCC(=O)N(Cc2ccc(Cl)cc2Cl)[C@H](CC)C(=O)NC(C)C)S(C)(=O)=O)cc1. The largest absolute Gasteiger partial charge is 0.352 e. The maximum absolute atomic E-state index is 13.5. The predicted octanol–water partition coefficient (Wildman–Crippen LogP) is 5.43. The predicted molar refractivity (Wildman–Crippen MR) is 152 cm³/mol. The van der Waals surface area contributed by atoms with Crippen molar-refractivity contribution in [1.82, 2.24) is 10.2 Å². The van der Waals surface area contributed by atoms with Crippen LogP contribution >= 0.6 is 23.2 Å². The Balaban J connectivity index is 2.24. The summed E-state index contributed by atoms with van der Waals surface area (Å²) in [4.78, 5) is 28.0. The van der Waals surface area contributed by atoms with Crippen molar-refractivity contribution < 1.29 is 18.0 Å². The van der Waals surface area contributed by atoms with E-state index in [1.807, 2.05) is 39.8 Å². The molecule has 2 aromatic carbocycles. The van der Waals surface area contributed by atoms with E-state index in [-0.39, 0.29) is 43.8 Å². The summed E-state index contributed by atoms with van der Waals surface area (Å²) < 4.78 is 26.3. The molecule has 0 radical (unpaired) electrons. The fraction of sp³-hybridized carbons (Fsp3) is 0.481. The van der Waals surface area contributed by atoms with Gasteiger partial charge in [0.15, 0.2) is 0 Å². The number of sulfonamides is 1. The molecule has 0 saturated heterocycles. The normalized spacial score (nSPS) is 12.3. The zero-order chi connectivity index (χ0) is 27.8. The molecule has 2 aromatic rings. The lowest BCUT2D eigenvalue weighted by Crippen LogP contribution is -2.50. The van der Waals surface area contributed by atoms with Gasteiger partial charge >= 0.3 is 0 Å². The zero-order valence-electron chi connectivity index (χ0n) is 22.1. The highest BCUT2D eigenvalue weighted by atomic mass is 35.5. The Hall–Kier alpha value is -2.29. The second kappa shape index (κ2) is 14.0. The summed E-state index contributed by atoms with van der Waals surface area (Å²) in [5.41, 5.74) is 2.33. The Morgan fingerprint density at radius 3 is 2.19 bits per heavy atom. The molecule has 0 unspecified atom stereocenters. The number of halogens is 2.